The predicted molar refractivity (Wildman–Crippen MR) is 77.0 cm³/mol. The first-order valence-electron chi connectivity index (χ1n) is 6.89. The van der Waals surface area contributed by atoms with E-state index in [0.29, 0.717) is 18.5 Å². The van der Waals surface area contributed by atoms with Gasteiger partial charge in [0, 0.05) is 24.3 Å². The topological polar surface area (TPSA) is 29.3 Å². The van der Waals surface area contributed by atoms with Crippen molar-refractivity contribution in [3.63, 3.8) is 0 Å². The highest BCUT2D eigenvalue weighted by atomic mass is 19.4. The van der Waals surface area contributed by atoms with Crippen molar-refractivity contribution in [1.29, 1.82) is 0 Å². The third kappa shape index (κ3) is 4.13. The lowest BCUT2D eigenvalue weighted by molar-refractivity contribution is -0.137. The second-order valence-electron chi connectivity index (χ2n) is 5.41. The van der Waals surface area contributed by atoms with Crippen LogP contribution in [0.3, 0.4) is 0 Å². The van der Waals surface area contributed by atoms with Crippen molar-refractivity contribution in [2.45, 2.75) is 52.4 Å². The summed E-state index contributed by atoms with van der Waals surface area (Å²) >= 11 is 0. The van der Waals surface area contributed by atoms with Crippen molar-refractivity contribution in [3.8, 4) is 0 Å². The maximum absolute atomic E-state index is 13.3. The normalized spacial score (nSPS) is 13.7. The summed E-state index contributed by atoms with van der Waals surface area (Å²) in [7, 11) is 0. The van der Waals surface area contributed by atoms with Gasteiger partial charge < -0.3 is 10.6 Å². The summed E-state index contributed by atoms with van der Waals surface area (Å²) in [4.78, 5) is 1.75. The smallest absolute Gasteiger partial charge is 0.369 e. The van der Waals surface area contributed by atoms with Gasteiger partial charge in [-0.1, -0.05) is 6.07 Å². The van der Waals surface area contributed by atoms with E-state index in [-0.39, 0.29) is 17.8 Å². The van der Waals surface area contributed by atoms with Gasteiger partial charge in [0.1, 0.15) is 0 Å². The van der Waals surface area contributed by atoms with Crippen LogP contribution in [0.15, 0.2) is 18.2 Å². The molecule has 0 spiro atoms. The Morgan fingerprint density at radius 2 is 1.80 bits per heavy atom. The fourth-order valence-electron chi connectivity index (χ4n) is 2.37. The van der Waals surface area contributed by atoms with Crippen LogP contribution in [0, 0.1) is 0 Å². The lowest BCUT2D eigenvalue weighted by atomic mass is 10.0. The number of halogens is 3. The first-order chi connectivity index (χ1) is 9.16. The fraction of sp³-hybridized carbons (Fsp3) is 0.600. The zero-order chi connectivity index (χ0) is 15.5. The summed E-state index contributed by atoms with van der Waals surface area (Å²) in [6.07, 6.45) is -3.91. The summed E-state index contributed by atoms with van der Waals surface area (Å²) in [5.41, 5.74) is 5.95. The van der Waals surface area contributed by atoms with Crippen LogP contribution in [0.2, 0.25) is 0 Å². The Morgan fingerprint density at radius 1 is 1.20 bits per heavy atom. The van der Waals surface area contributed by atoms with Crippen molar-refractivity contribution in [2.24, 2.45) is 5.73 Å². The molecular formula is C15H23F3N2. The number of benzene rings is 1. The third-order valence-corrected chi connectivity index (χ3v) is 3.20. The van der Waals surface area contributed by atoms with Crippen molar-refractivity contribution < 1.29 is 13.2 Å². The molecule has 0 bridgehead atoms. The average Bonchev–Trinajstić information content (AvgIpc) is 2.29. The van der Waals surface area contributed by atoms with E-state index in [0.717, 1.165) is 0 Å². The number of anilines is 1. The molecule has 114 valence electrons. The molecule has 1 atom stereocenters. The molecule has 0 heterocycles. The Balaban J connectivity index is 3.30. The highest BCUT2D eigenvalue weighted by Crippen LogP contribution is 2.38. The molecule has 20 heavy (non-hydrogen) atoms. The van der Waals surface area contributed by atoms with Crippen LogP contribution in [0.4, 0.5) is 18.9 Å². The highest BCUT2D eigenvalue weighted by molar-refractivity contribution is 5.57. The lowest BCUT2D eigenvalue weighted by Crippen LogP contribution is -2.32. The minimum Gasteiger partial charge on any atom is -0.369 e. The molecule has 1 rings (SSSR count). The molecule has 0 aliphatic carbocycles. The molecule has 0 fully saturated rings. The summed E-state index contributed by atoms with van der Waals surface area (Å²) in [6.45, 7) is 7.95. The number of alkyl halides is 3. The Kier molecular flexibility index (Phi) is 5.45. The van der Waals surface area contributed by atoms with E-state index in [1.54, 1.807) is 24.0 Å². The van der Waals surface area contributed by atoms with Crippen molar-refractivity contribution in [1.82, 2.24) is 0 Å². The second kappa shape index (κ2) is 6.48. The van der Waals surface area contributed by atoms with Crippen LogP contribution >= 0.6 is 0 Å². The van der Waals surface area contributed by atoms with Crippen LogP contribution in [-0.2, 0) is 12.6 Å². The minimum absolute atomic E-state index is 0.0142. The quantitative estimate of drug-likeness (QED) is 0.892. The van der Waals surface area contributed by atoms with Crippen LogP contribution in [0.1, 0.15) is 38.8 Å². The molecular weight excluding hydrogens is 265 g/mol. The Bertz CT molecular complexity index is 439. The molecule has 5 heteroatoms. The van der Waals surface area contributed by atoms with Gasteiger partial charge in [0.2, 0.25) is 0 Å². The van der Waals surface area contributed by atoms with Gasteiger partial charge in [0.05, 0.1) is 5.56 Å². The first-order valence-corrected chi connectivity index (χ1v) is 6.89. The van der Waals surface area contributed by atoms with Gasteiger partial charge in [-0.3, -0.25) is 0 Å². The summed E-state index contributed by atoms with van der Waals surface area (Å²) in [6, 6.07) is 4.38. The number of nitrogens with two attached hydrogens (primary N) is 1. The Hall–Kier alpha value is -1.23. The first kappa shape index (κ1) is 16.8. The summed E-state index contributed by atoms with van der Waals surface area (Å²) < 4.78 is 39.8. The maximum atomic E-state index is 13.3. The summed E-state index contributed by atoms with van der Waals surface area (Å²) in [5, 5.41) is 0. The van der Waals surface area contributed by atoms with E-state index in [9.17, 15) is 13.2 Å². The van der Waals surface area contributed by atoms with Crippen molar-refractivity contribution >= 4 is 5.69 Å². The number of rotatable bonds is 5. The zero-order valence-electron chi connectivity index (χ0n) is 12.5. The van der Waals surface area contributed by atoms with Crippen LogP contribution < -0.4 is 10.6 Å². The molecule has 1 aromatic rings. The molecule has 0 radical (unpaired) electrons. The van der Waals surface area contributed by atoms with Gasteiger partial charge in [0.15, 0.2) is 0 Å². The van der Waals surface area contributed by atoms with Gasteiger partial charge in [-0.25, -0.2) is 0 Å². The van der Waals surface area contributed by atoms with Crippen LogP contribution in [0.25, 0.3) is 0 Å². The van der Waals surface area contributed by atoms with E-state index in [2.05, 4.69) is 0 Å². The van der Waals surface area contributed by atoms with E-state index >= 15 is 0 Å². The monoisotopic (exact) mass is 288 g/mol. The maximum Gasteiger partial charge on any atom is 0.418 e. The molecule has 0 amide bonds. The molecule has 0 aliphatic heterocycles. The molecule has 0 saturated carbocycles. The van der Waals surface area contributed by atoms with Crippen molar-refractivity contribution in [3.05, 3.63) is 29.3 Å². The lowest BCUT2D eigenvalue weighted by Gasteiger charge is -2.30. The average molecular weight is 288 g/mol. The number of hydrogen-bond acceptors (Lipinski definition) is 2. The van der Waals surface area contributed by atoms with E-state index in [1.807, 2.05) is 20.8 Å². The Morgan fingerprint density at radius 3 is 2.20 bits per heavy atom. The fourth-order valence-corrected chi connectivity index (χ4v) is 2.37. The van der Waals surface area contributed by atoms with E-state index in [4.69, 9.17) is 5.73 Å². The zero-order valence-corrected chi connectivity index (χ0v) is 12.5. The molecule has 0 aliphatic rings. The minimum atomic E-state index is -4.36. The summed E-state index contributed by atoms with van der Waals surface area (Å²) in [5.74, 6) is 0. The van der Waals surface area contributed by atoms with E-state index in [1.165, 1.54) is 6.07 Å². The molecule has 1 unspecified atom stereocenters. The van der Waals surface area contributed by atoms with Gasteiger partial charge >= 0.3 is 6.18 Å². The third-order valence-electron chi connectivity index (χ3n) is 3.20. The standard InChI is InChI=1S/C15H23F3N2/c1-5-20(10(2)3)14-7-6-12(8-11(4)19)9-13(14)15(16,17)18/h6-7,9-11H,5,8,19H2,1-4H3. The van der Waals surface area contributed by atoms with Gasteiger partial charge in [-0.05, 0) is 51.8 Å². The largest absolute Gasteiger partial charge is 0.418 e. The van der Waals surface area contributed by atoms with Crippen LogP contribution in [-0.4, -0.2) is 18.6 Å². The van der Waals surface area contributed by atoms with Gasteiger partial charge in [0.25, 0.3) is 0 Å². The predicted octanol–water partition coefficient (Wildman–Crippen LogP) is 3.83. The number of hydrogen-bond donors (Lipinski definition) is 1. The van der Waals surface area contributed by atoms with Crippen LogP contribution in [0.5, 0.6) is 0 Å². The van der Waals surface area contributed by atoms with Crippen molar-refractivity contribution in [2.75, 3.05) is 11.4 Å². The van der Waals surface area contributed by atoms with E-state index < -0.39 is 11.7 Å². The molecule has 0 aromatic heterocycles. The van der Waals surface area contributed by atoms with Gasteiger partial charge in [-0.15, -0.1) is 0 Å². The number of nitrogens with zero attached hydrogens (tertiary/aromatic N) is 1. The highest BCUT2D eigenvalue weighted by Gasteiger charge is 2.35. The van der Waals surface area contributed by atoms with Gasteiger partial charge in [-0.2, -0.15) is 13.2 Å². The molecule has 2 nitrogen and oxygen atoms in total. The molecule has 2 N–H and O–H groups in total. The Labute approximate surface area is 118 Å². The molecule has 1 aromatic carbocycles. The molecule has 0 saturated heterocycles. The second-order valence-corrected chi connectivity index (χ2v) is 5.41. The SMILES string of the molecule is CCN(c1ccc(CC(C)N)cc1C(F)(F)F)C(C)C.